The summed E-state index contributed by atoms with van der Waals surface area (Å²) in [6, 6.07) is 0. The Bertz CT molecular complexity index is 393. The van der Waals surface area contributed by atoms with Crippen LogP contribution in [-0.4, -0.2) is 11.9 Å². The molecule has 0 bridgehead atoms. The van der Waals surface area contributed by atoms with Gasteiger partial charge in [-0.3, -0.25) is 4.79 Å². The third-order valence-electron chi connectivity index (χ3n) is 5.18. The zero-order valence-corrected chi connectivity index (χ0v) is 20.7. The van der Waals surface area contributed by atoms with Crippen molar-refractivity contribution >= 4 is 5.78 Å². The average Bonchev–Trinajstić information content (AvgIpc) is 2.59. The van der Waals surface area contributed by atoms with Crippen LogP contribution in [0.15, 0.2) is 11.5 Å². The van der Waals surface area contributed by atoms with Gasteiger partial charge in [0.05, 0.1) is 5.95 Å². The summed E-state index contributed by atoms with van der Waals surface area (Å²) in [5.41, 5.74) is 0.416. The molecule has 1 aliphatic rings. The number of ether oxygens (including phenoxy) is 1. The number of unbranched alkanes of at least 4 members (excludes halogenated alkanes) is 11. The molecule has 0 radical (unpaired) electrons. The molecule has 0 aromatic rings. The number of rotatable bonds is 15. The van der Waals surface area contributed by atoms with Gasteiger partial charge in [0.15, 0.2) is 5.78 Å². The van der Waals surface area contributed by atoms with E-state index in [4.69, 9.17) is 4.74 Å². The first-order valence-electron chi connectivity index (χ1n) is 10.8. The zero-order valence-electron chi connectivity index (χ0n) is 17.6. The van der Waals surface area contributed by atoms with Gasteiger partial charge < -0.3 is 9.84 Å². The monoisotopic (exact) mass is 390 g/mol. The normalized spacial score (nSPS) is 17.2. The van der Waals surface area contributed by atoms with E-state index in [0.717, 1.165) is 38.5 Å². The molecule has 0 aliphatic carbocycles. The predicted octanol–water partition coefficient (Wildman–Crippen LogP) is 2.81. The zero-order chi connectivity index (χ0) is 18.3. The molecule has 26 heavy (non-hydrogen) atoms. The summed E-state index contributed by atoms with van der Waals surface area (Å²) in [5.74, 6) is -0.303. The maximum Gasteiger partial charge on any atom is 1.00 e. The molecule has 0 amide bonds. The number of carbonyl (C=O) groups excluding carboxylic acids is 1. The van der Waals surface area contributed by atoms with Crippen molar-refractivity contribution in [2.24, 2.45) is 0 Å². The molecule has 4 heteroatoms. The van der Waals surface area contributed by atoms with E-state index in [1.165, 1.54) is 51.4 Å². The van der Waals surface area contributed by atoms with Gasteiger partial charge in [-0.1, -0.05) is 90.9 Å². The molecular formula is C22H39KO3. The molecule has 0 spiro atoms. The van der Waals surface area contributed by atoms with E-state index < -0.39 is 0 Å². The number of hydrogen-bond acceptors (Lipinski definition) is 3. The summed E-state index contributed by atoms with van der Waals surface area (Å²) in [4.78, 5) is 12.2. The minimum atomic E-state index is -0.339. The van der Waals surface area contributed by atoms with Crippen LogP contribution in [0, 0.1) is 0 Å². The third kappa shape index (κ3) is 12.2. The average molecular weight is 391 g/mol. The van der Waals surface area contributed by atoms with E-state index in [2.05, 4.69) is 13.8 Å². The standard InChI is InChI=1S/C22H40O3.K/c1-3-5-7-9-10-11-12-13-14-16-19-18-21(23)20(22(24)25-19)17-15-8-6-4-2;/h19,24H,3-18H2,1-2H3;/q;+1/p-1. The van der Waals surface area contributed by atoms with Crippen molar-refractivity contribution in [3.8, 4) is 0 Å². The predicted molar refractivity (Wildman–Crippen MR) is 102 cm³/mol. The Kier molecular flexibility index (Phi) is 18.2. The quantitative estimate of drug-likeness (QED) is 0.319. The Labute approximate surface area is 204 Å². The van der Waals surface area contributed by atoms with Crippen molar-refractivity contribution in [1.29, 1.82) is 0 Å². The van der Waals surface area contributed by atoms with Crippen molar-refractivity contribution in [3.63, 3.8) is 0 Å². The van der Waals surface area contributed by atoms with Crippen LogP contribution in [0.2, 0.25) is 0 Å². The molecule has 0 aromatic carbocycles. The van der Waals surface area contributed by atoms with Gasteiger partial charge in [0.25, 0.3) is 0 Å². The van der Waals surface area contributed by atoms with Gasteiger partial charge in [-0.25, -0.2) is 0 Å². The SMILES string of the molecule is CCCCCCCCCCCC1CC(=O)C(CCCCCC)=C([O-])O1.[K+]. The van der Waals surface area contributed by atoms with Gasteiger partial charge in [-0.2, -0.15) is 0 Å². The Morgan fingerprint density at radius 2 is 1.35 bits per heavy atom. The van der Waals surface area contributed by atoms with E-state index in [9.17, 15) is 9.90 Å². The van der Waals surface area contributed by atoms with Gasteiger partial charge >= 0.3 is 51.4 Å². The minimum Gasteiger partial charge on any atom is -0.609 e. The maximum atomic E-state index is 12.2. The number of allylic oxidation sites excluding steroid dienone is 1. The van der Waals surface area contributed by atoms with Crippen LogP contribution in [0.3, 0.4) is 0 Å². The first-order valence-corrected chi connectivity index (χ1v) is 10.8. The van der Waals surface area contributed by atoms with Gasteiger partial charge in [-0.15, -0.1) is 0 Å². The van der Waals surface area contributed by atoms with Crippen LogP contribution in [0.1, 0.15) is 117 Å². The van der Waals surface area contributed by atoms with Crippen LogP contribution < -0.4 is 56.5 Å². The molecule has 146 valence electrons. The van der Waals surface area contributed by atoms with Crippen molar-refractivity contribution < 1.29 is 66.0 Å². The molecule has 1 atom stereocenters. The van der Waals surface area contributed by atoms with Crippen molar-refractivity contribution in [3.05, 3.63) is 11.5 Å². The molecule has 1 heterocycles. The van der Waals surface area contributed by atoms with E-state index in [1.807, 2.05) is 0 Å². The second-order valence-electron chi connectivity index (χ2n) is 7.56. The second-order valence-corrected chi connectivity index (χ2v) is 7.56. The Hall–Kier alpha value is 0.646. The summed E-state index contributed by atoms with van der Waals surface area (Å²) in [6.45, 7) is 4.40. The first kappa shape index (κ1) is 26.6. The topological polar surface area (TPSA) is 49.4 Å². The molecule has 1 aliphatic heterocycles. The number of carbonyl (C=O) groups is 1. The van der Waals surface area contributed by atoms with Crippen LogP contribution in [0.4, 0.5) is 0 Å². The first-order chi connectivity index (χ1) is 12.2. The number of ketones is 1. The molecule has 0 N–H and O–H groups in total. The Balaban J connectivity index is 0.00000625. The van der Waals surface area contributed by atoms with Gasteiger partial charge in [-0.05, 0) is 19.3 Å². The molecule has 0 fully saturated rings. The Morgan fingerprint density at radius 3 is 1.88 bits per heavy atom. The fraction of sp³-hybridized carbons (Fsp3) is 0.864. The molecule has 1 unspecified atom stereocenters. The summed E-state index contributed by atoms with van der Waals surface area (Å²) in [6.07, 6.45) is 17.6. The van der Waals surface area contributed by atoms with Gasteiger partial charge in [0, 0.05) is 18.1 Å². The Morgan fingerprint density at radius 1 is 0.846 bits per heavy atom. The van der Waals surface area contributed by atoms with Crippen molar-refractivity contribution in [2.45, 2.75) is 123 Å². The largest absolute Gasteiger partial charge is 1.00 e. The fourth-order valence-corrected chi connectivity index (χ4v) is 3.52. The second kappa shape index (κ2) is 17.7. The summed E-state index contributed by atoms with van der Waals surface area (Å²) in [7, 11) is 0. The summed E-state index contributed by atoms with van der Waals surface area (Å²) < 4.78 is 5.50. The van der Waals surface area contributed by atoms with Crippen molar-refractivity contribution in [1.82, 2.24) is 0 Å². The molecule has 0 saturated carbocycles. The number of Topliss-reactive ketones (excluding diaryl/α,β-unsaturated/α-hetero) is 1. The molecule has 0 aromatic heterocycles. The van der Waals surface area contributed by atoms with Gasteiger partial charge in [0.2, 0.25) is 0 Å². The van der Waals surface area contributed by atoms with Crippen LogP contribution >= 0.6 is 0 Å². The van der Waals surface area contributed by atoms with Crippen LogP contribution in [0.5, 0.6) is 0 Å². The third-order valence-corrected chi connectivity index (χ3v) is 5.18. The summed E-state index contributed by atoms with van der Waals surface area (Å²) in [5, 5.41) is 12.1. The van der Waals surface area contributed by atoms with E-state index in [-0.39, 0.29) is 69.2 Å². The van der Waals surface area contributed by atoms with E-state index in [1.54, 1.807) is 0 Å². The van der Waals surface area contributed by atoms with E-state index >= 15 is 0 Å². The van der Waals surface area contributed by atoms with Gasteiger partial charge in [0.1, 0.15) is 0 Å². The maximum absolute atomic E-state index is 12.2. The number of hydrogen-bond donors (Lipinski definition) is 0. The van der Waals surface area contributed by atoms with E-state index in [0.29, 0.717) is 18.4 Å². The molecule has 0 saturated heterocycles. The molecule has 1 rings (SSSR count). The molecule has 3 nitrogen and oxygen atoms in total. The smallest absolute Gasteiger partial charge is 0.609 e. The van der Waals surface area contributed by atoms with Crippen LogP contribution in [0.25, 0.3) is 0 Å². The van der Waals surface area contributed by atoms with Crippen molar-refractivity contribution in [2.75, 3.05) is 0 Å². The summed E-state index contributed by atoms with van der Waals surface area (Å²) >= 11 is 0. The minimum absolute atomic E-state index is 0. The molecular weight excluding hydrogens is 351 g/mol. The fourth-order valence-electron chi connectivity index (χ4n) is 3.52. The van der Waals surface area contributed by atoms with Crippen LogP contribution in [-0.2, 0) is 9.53 Å².